The highest BCUT2D eigenvalue weighted by Gasteiger charge is 2.14. The van der Waals surface area contributed by atoms with Gasteiger partial charge in [-0.3, -0.25) is 14.9 Å². The Morgan fingerprint density at radius 1 is 1.24 bits per heavy atom. The van der Waals surface area contributed by atoms with Gasteiger partial charge in [0, 0.05) is 29.3 Å². The van der Waals surface area contributed by atoms with Crippen molar-refractivity contribution in [1.29, 1.82) is 0 Å². The summed E-state index contributed by atoms with van der Waals surface area (Å²) in [6.07, 6.45) is 0.554. The van der Waals surface area contributed by atoms with Crippen LogP contribution in [0.2, 0.25) is 10.0 Å². The van der Waals surface area contributed by atoms with Gasteiger partial charge >= 0.3 is 0 Å². The molecule has 1 amide bonds. The van der Waals surface area contributed by atoms with Gasteiger partial charge in [0.2, 0.25) is 0 Å². The number of carbonyl (C=O) groups is 1. The van der Waals surface area contributed by atoms with Crippen LogP contribution in [0.1, 0.15) is 22.3 Å². The van der Waals surface area contributed by atoms with E-state index in [-0.39, 0.29) is 17.2 Å². The number of nitro benzene ring substituents is 1. The summed E-state index contributed by atoms with van der Waals surface area (Å²) in [5, 5.41) is 14.5. The first-order valence-electron chi connectivity index (χ1n) is 7.49. The molecule has 0 fully saturated rings. The third kappa shape index (κ3) is 5.34. The molecule has 0 aliphatic carbocycles. The minimum Gasteiger partial charge on any atom is -0.492 e. The Hall–Kier alpha value is -2.31. The highest BCUT2D eigenvalue weighted by atomic mass is 35.5. The molecule has 0 spiro atoms. The number of nitro groups is 1. The normalized spacial score (nSPS) is 10.4. The summed E-state index contributed by atoms with van der Waals surface area (Å²) in [5.74, 6) is 0.164. The van der Waals surface area contributed by atoms with Crippen molar-refractivity contribution >= 4 is 34.8 Å². The second-order valence-corrected chi connectivity index (χ2v) is 6.13. The van der Waals surface area contributed by atoms with Gasteiger partial charge in [-0.15, -0.1) is 0 Å². The van der Waals surface area contributed by atoms with E-state index < -0.39 is 4.92 Å². The number of nitrogens with zero attached hydrogens (tertiary/aromatic N) is 1. The predicted octanol–water partition coefficient (Wildman–Crippen LogP) is 4.41. The molecule has 2 aromatic rings. The van der Waals surface area contributed by atoms with Crippen molar-refractivity contribution in [1.82, 2.24) is 5.32 Å². The number of hydrogen-bond donors (Lipinski definition) is 1. The van der Waals surface area contributed by atoms with Gasteiger partial charge in [-0.2, -0.15) is 0 Å². The number of non-ortho nitro benzene ring substituents is 1. The van der Waals surface area contributed by atoms with Crippen LogP contribution in [0.4, 0.5) is 5.69 Å². The van der Waals surface area contributed by atoms with Gasteiger partial charge in [-0.25, -0.2) is 0 Å². The summed E-state index contributed by atoms with van der Waals surface area (Å²) >= 11 is 11.8. The molecule has 2 rings (SSSR count). The molecule has 25 heavy (non-hydrogen) atoms. The van der Waals surface area contributed by atoms with E-state index in [2.05, 4.69) is 5.32 Å². The molecule has 1 N–H and O–H groups in total. The van der Waals surface area contributed by atoms with E-state index >= 15 is 0 Å². The van der Waals surface area contributed by atoms with Crippen molar-refractivity contribution in [3.8, 4) is 5.75 Å². The molecule has 0 saturated carbocycles. The quantitative estimate of drug-likeness (QED) is 0.436. The van der Waals surface area contributed by atoms with E-state index in [1.807, 2.05) is 0 Å². The van der Waals surface area contributed by atoms with E-state index in [0.29, 0.717) is 40.9 Å². The molecule has 0 atom stereocenters. The van der Waals surface area contributed by atoms with Gasteiger partial charge in [-0.05, 0) is 37.1 Å². The third-order valence-corrected chi connectivity index (χ3v) is 3.97. The number of rotatable bonds is 7. The molecule has 6 nitrogen and oxygen atoms in total. The predicted molar refractivity (Wildman–Crippen MR) is 96.7 cm³/mol. The van der Waals surface area contributed by atoms with Crippen LogP contribution < -0.4 is 10.1 Å². The smallest absolute Gasteiger partial charge is 0.270 e. The van der Waals surface area contributed by atoms with Crippen LogP contribution >= 0.6 is 23.2 Å². The van der Waals surface area contributed by atoms with Gasteiger partial charge in [0.1, 0.15) is 5.75 Å². The van der Waals surface area contributed by atoms with Crippen LogP contribution in [0.15, 0.2) is 36.4 Å². The van der Waals surface area contributed by atoms with Crippen molar-refractivity contribution in [2.75, 3.05) is 13.2 Å². The van der Waals surface area contributed by atoms with E-state index in [1.54, 1.807) is 31.2 Å². The molecule has 0 aromatic heterocycles. The summed E-state index contributed by atoms with van der Waals surface area (Å²) in [5.41, 5.74) is 0.847. The molecule has 2 aromatic carbocycles. The second-order valence-electron chi connectivity index (χ2n) is 5.29. The summed E-state index contributed by atoms with van der Waals surface area (Å²) < 4.78 is 5.52. The first kappa shape index (κ1) is 19.0. The monoisotopic (exact) mass is 382 g/mol. The van der Waals surface area contributed by atoms with Crippen molar-refractivity contribution in [2.24, 2.45) is 0 Å². The number of amides is 1. The molecular formula is C17H16Cl2N2O4. The standard InChI is InChI=1S/C17H16Cl2N2O4/c1-11-3-5-13(21(23)24)10-14(11)17(22)20-7-2-8-25-16-6-4-12(18)9-15(16)19/h3-6,9-10H,2,7-8H2,1H3,(H,20,22). The van der Waals surface area contributed by atoms with Gasteiger partial charge in [0.15, 0.2) is 0 Å². The fourth-order valence-electron chi connectivity index (χ4n) is 2.11. The van der Waals surface area contributed by atoms with E-state index in [0.717, 1.165) is 0 Å². The SMILES string of the molecule is Cc1ccc([N+](=O)[O-])cc1C(=O)NCCCOc1ccc(Cl)cc1Cl. The van der Waals surface area contributed by atoms with Crippen molar-refractivity contribution < 1.29 is 14.5 Å². The molecule has 0 aliphatic rings. The van der Waals surface area contributed by atoms with E-state index in [4.69, 9.17) is 27.9 Å². The van der Waals surface area contributed by atoms with Crippen LogP contribution in [-0.2, 0) is 0 Å². The average Bonchev–Trinajstić information content (AvgIpc) is 2.56. The molecule has 0 radical (unpaired) electrons. The van der Waals surface area contributed by atoms with Crippen LogP contribution in [0, 0.1) is 17.0 Å². The number of carbonyl (C=O) groups excluding carboxylic acids is 1. The zero-order valence-corrected chi connectivity index (χ0v) is 14.9. The van der Waals surface area contributed by atoms with Gasteiger partial charge in [-0.1, -0.05) is 29.3 Å². The molecule has 132 valence electrons. The van der Waals surface area contributed by atoms with Gasteiger partial charge in [0.05, 0.1) is 16.6 Å². The maximum absolute atomic E-state index is 12.2. The highest BCUT2D eigenvalue weighted by molar-refractivity contribution is 6.35. The Bertz CT molecular complexity index is 796. The van der Waals surface area contributed by atoms with Crippen molar-refractivity contribution in [3.63, 3.8) is 0 Å². The summed E-state index contributed by atoms with van der Waals surface area (Å²) in [6, 6.07) is 9.14. The van der Waals surface area contributed by atoms with Crippen LogP contribution in [-0.4, -0.2) is 24.0 Å². The Morgan fingerprint density at radius 3 is 2.68 bits per heavy atom. The first-order valence-corrected chi connectivity index (χ1v) is 8.25. The molecule has 0 unspecified atom stereocenters. The van der Waals surface area contributed by atoms with Crippen LogP contribution in [0.25, 0.3) is 0 Å². The summed E-state index contributed by atoms with van der Waals surface area (Å²) in [4.78, 5) is 22.4. The Labute approximate surface area is 154 Å². The fraction of sp³-hybridized carbons (Fsp3) is 0.235. The Morgan fingerprint density at radius 2 is 2.00 bits per heavy atom. The zero-order valence-electron chi connectivity index (χ0n) is 13.4. The largest absolute Gasteiger partial charge is 0.492 e. The molecular weight excluding hydrogens is 367 g/mol. The molecule has 0 saturated heterocycles. The van der Waals surface area contributed by atoms with Crippen LogP contribution in [0.5, 0.6) is 5.75 Å². The number of hydrogen-bond acceptors (Lipinski definition) is 4. The lowest BCUT2D eigenvalue weighted by Crippen LogP contribution is -2.26. The van der Waals surface area contributed by atoms with Gasteiger partial charge < -0.3 is 10.1 Å². The third-order valence-electron chi connectivity index (χ3n) is 3.43. The lowest BCUT2D eigenvalue weighted by Gasteiger charge is -2.10. The Balaban J connectivity index is 1.83. The lowest BCUT2D eigenvalue weighted by atomic mass is 10.1. The van der Waals surface area contributed by atoms with Gasteiger partial charge in [0.25, 0.3) is 11.6 Å². The molecule has 0 heterocycles. The summed E-state index contributed by atoms with van der Waals surface area (Å²) in [7, 11) is 0. The first-order chi connectivity index (χ1) is 11.9. The second kappa shape index (κ2) is 8.69. The average molecular weight is 383 g/mol. The lowest BCUT2D eigenvalue weighted by molar-refractivity contribution is -0.384. The minimum atomic E-state index is -0.528. The Kier molecular flexibility index (Phi) is 6.61. The maximum atomic E-state index is 12.2. The van der Waals surface area contributed by atoms with E-state index in [1.165, 1.54) is 12.1 Å². The minimum absolute atomic E-state index is 0.114. The van der Waals surface area contributed by atoms with Crippen molar-refractivity contribution in [2.45, 2.75) is 13.3 Å². The van der Waals surface area contributed by atoms with Crippen molar-refractivity contribution in [3.05, 3.63) is 67.7 Å². The topological polar surface area (TPSA) is 81.5 Å². The van der Waals surface area contributed by atoms with E-state index in [9.17, 15) is 14.9 Å². The molecule has 0 bridgehead atoms. The number of halogens is 2. The number of nitrogens with one attached hydrogen (secondary N) is 1. The highest BCUT2D eigenvalue weighted by Crippen LogP contribution is 2.27. The number of benzene rings is 2. The maximum Gasteiger partial charge on any atom is 0.270 e. The zero-order chi connectivity index (χ0) is 18.4. The fourth-order valence-corrected chi connectivity index (χ4v) is 2.57. The molecule has 0 aliphatic heterocycles. The summed E-state index contributed by atoms with van der Waals surface area (Å²) in [6.45, 7) is 2.45. The van der Waals surface area contributed by atoms with Crippen LogP contribution in [0.3, 0.4) is 0 Å². The molecule has 8 heteroatoms. The number of aryl methyl sites for hydroxylation is 1. The number of ether oxygens (including phenoxy) is 1.